The lowest BCUT2D eigenvalue weighted by Crippen LogP contribution is -2.17. The zero-order chi connectivity index (χ0) is 14.8. The molecule has 106 valence electrons. The normalized spacial score (nSPS) is 11.4. The summed E-state index contributed by atoms with van der Waals surface area (Å²) in [5, 5.41) is 0. The molecule has 0 atom stereocenters. The fourth-order valence-corrected chi connectivity index (χ4v) is 1.88. The SMILES string of the molecule is CCc1c(N)ncnc1-c1ccccc1OC(F)(F)F. The summed E-state index contributed by atoms with van der Waals surface area (Å²) >= 11 is 0. The number of nitrogens with two attached hydrogens (primary N) is 1. The Kier molecular flexibility index (Phi) is 3.78. The third-order valence-electron chi connectivity index (χ3n) is 2.70. The van der Waals surface area contributed by atoms with Gasteiger partial charge in [0.1, 0.15) is 17.9 Å². The Morgan fingerprint density at radius 3 is 2.55 bits per heavy atom. The minimum Gasteiger partial charge on any atom is -0.405 e. The van der Waals surface area contributed by atoms with Gasteiger partial charge in [0, 0.05) is 11.1 Å². The Labute approximate surface area is 113 Å². The molecular weight excluding hydrogens is 271 g/mol. The topological polar surface area (TPSA) is 61.0 Å². The van der Waals surface area contributed by atoms with Crippen LogP contribution in [0, 0.1) is 0 Å². The number of hydrogen-bond acceptors (Lipinski definition) is 4. The average molecular weight is 283 g/mol. The van der Waals surface area contributed by atoms with Crippen LogP contribution < -0.4 is 10.5 Å². The van der Waals surface area contributed by atoms with Gasteiger partial charge in [-0.1, -0.05) is 19.1 Å². The summed E-state index contributed by atoms with van der Waals surface area (Å²) in [5.74, 6) is -0.0629. The van der Waals surface area contributed by atoms with Gasteiger partial charge in [0.2, 0.25) is 0 Å². The third-order valence-corrected chi connectivity index (χ3v) is 2.70. The number of aromatic nitrogens is 2. The van der Waals surface area contributed by atoms with Crippen LogP contribution in [-0.2, 0) is 6.42 Å². The van der Waals surface area contributed by atoms with Crippen LogP contribution in [0.5, 0.6) is 5.75 Å². The molecule has 0 saturated heterocycles. The molecule has 0 unspecified atom stereocenters. The Bertz CT molecular complexity index is 614. The summed E-state index contributed by atoms with van der Waals surface area (Å²) in [7, 11) is 0. The largest absolute Gasteiger partial charge is 0.573 e. The Balaban J connectivity index is 2.56. The number of benzene rings is 1. The smallest absolute Gasteiger partial charge is 0.405 e. The first-order valence-electron chi connectivity index (χ1n) is 5.87. The van der Waals surface area contributed by atoms with E-state index in [1.54, 1.807) is 6.07 Å². The molecule has 4 nitrogen and oxygen atoms in total. The van der Waals surface area contributed by atoms with Gasteiger partial charge in [-0.05, 0) is 18.6 Å². The number of nitrogens with zero attached hydrogens (tertiary/aromatic N) is 2. The molecule has 0 spiro atoms. The minimum atomic E-state index is -4.76. The maximum atomic E-state index is 12.4. The summed E-state index contributed by atoms with van der Waals surface area (Å²) in [6.07, 6.45) is -3.04. The fraction of sp³-hybridized carbons (Fsp3) is 0.231. The predicted octanol–water partition coefficient (Wildman–Crippen LogP) is 3.19. The van der Waals surface area contributed by atoms with E-state index in [0.29, 0.717) is 17.7 Å². The first-order chi connectivity index (χ1) is 9.42. The fourth-order valence-electron chi connectivity index (χ4n) is 1.88. The Morgan fingerprint density at radius 2 is 1.90 bits per heavy atom. The lowest BCUT2D eigenvalue weighted by molar-refractivity contribution is -0.274. The highest BCUT2D eigenvalue weighted by Crippen LogP contribution is 2.35. The van der Waals surface area contributed by atoms with Gasteiger partial charge in [-0.25, -0.2) is 9.97 Å². The molecule has 1 aromatic heterocycles. The summed E-state index contributed by atoms with van der Waals surface area (Å²) < 4.78 is 41.3. The van der Waals surface area contributed by atoms with Crippen molar-refractivity contribution in [1.82, 2.24) is 9.97 Å². The van der Waals surface area contributed by atoms with Crippen molar-refractivity contribution in [2.75, 3.05) is 5.73 Å². The highest BCUT2D eigenvalue weighted by molar-refractivity contribution is 5.72. The molecule has 20 heavy (non-hydrogen) atoms. The van der Waals surface area contributed by atoms with Gasteiger partial charge in [-0.2, -0.15) is 0 Å². The number of nitrogen functional groups attached to an aromatic ring is 1. The second-order valence-electron chi connectivity index (χ2n) is 3.98. The van der Waals surface area contributed by atoms with Crippen LogP contribution >= 0.6 is 0 Å². The second-order valence-corrected chi connectivity index (χ2v) is 3.98. The average Bonchev–Trinajstić information content (AvgIpc) is 2.37. The van der Waals surface area contributed by atoms with Crippen LogP contribution in [0.15, 0.2) is 30.6 Å². The summed E-state index contributed by atoms with van der Waals surface area (Å²) in [4.78, 5) is 7.88. The van der Waals surface area contributed by atoms with Gasteiger partial charge >= 0.3 is 6.36 Å². The van der Waals surface area contributed by atoms with Crippen LogP contribution in [0.25, 0.3) is 11.3 Å². The Morgan fingerprint density at radius 1 is 1.20 bits per heavy atom. The zero-order valence-electron chi connectivity index (χ0n) is 10.6. The van der Waals surface area contributed by atoms with E-state index in [2.05, 4.69) is 14.7 Å². The quantitative estimate of drug-likeness (QED) is 0.939. The lowest BCUT2D eigenvalue weighted by atomic mass is 10.0. The predicted molar refractivity (Wildman–Crippen MR) is 67.9 cm³/mol. The third kappa shape index (κ3) is 2.98. The molecule has 0 aliphatic rings. The molecule has 1 aromatic carbocycles. The van der Waals surface area contributed by atoms with Crippen molar-refractivity contribution in [2.45, 2.75) is 19.7 Å². The second kappa shape index (κ2) is 5.36. The standard InChI is InChI=1S/C13H12F3N3O/c1-2-8-11(18-7-19-12(8)17)9-5-3-4-6-10(9)20-13(14,15)16/h3-7H,2H2,1H3,(H2,17,18,19). The number of halogens is 3. The molecule has 2 aromatic rings. The van der Waals surface area contributed by atoms with Crippen LogP contribution in [0.1, 0.15) is 12.5 Å². The van der Waals surface area contributed by atoms with Gasteiger partial charge < -0.3 is 10.5 Å². The summed E-state index contributed by atoms with van der Waals surface area (Å²) in [5.41, 5.74) is 6.90. The van der Waals surface area contributed by atoms with Crippen molar-refractivity contribution in [3.8, 4) is 17.0 Å². The van der Waals surface area contributed by atoms with Gasteiger partial charge in [0.25, 0.3) is 0 Å². The maximum absolute atomic E-state index is 12.4. The van der Waals surface area contributed by atoms with Crippen LogP contribution in [0.3, 0.4) is 0 Å². The van der Waals surface area contributed by atoms with Crippen LogP contribution in [-0.4, -0.2) is 16.3 Å². The van der Waals surface area contributed by atoms with Gasteiger partial charge in [-0.15, -0.1) is 13.2 Å². The van der Waals surface area contributed by atoms with E-state index >= 15 is 0 Å². The summed E-state index contributed by atoms with van der Waals surface area (Å²) in [6.45, 7) is 1.83. The van der Waals surface area contributed by atoms with Crippen molar-refractivity contribution in [1.29, 1.82) is 0 Å². The molecule has 7 heteroatoms. The molecule has 0 radical (unpaired) electrons. The van der Waals surface area contributed by atoms with Gasteiger partial charge in [0.05, 0.1) is 5.69 Å². The Hall–Kier alpha value is -2.31. The molecule has 0 saturated carbocycles. The molecule has 2 rings (SSSR count). The molecule has 0 fully saturated rings. The molecule has 2 N–H and O–H groups in total. The molecular formula is C13H12F3N3O. The number of ether oxygens (including phenoxy) is 1. The molecule has 1 heterocycles. The first-order valence-corrected chi connectivity index (χ1v) is 5.87. The first kappa shape index (κ1) is 14.1. The van der Waals surface area contributed by atoms with E-state index < -0.39 is 6.36 Å². The number of rotatable bonds is 3. The molecule has 0 amide bonds. The van der Waals surface area contributed by atoms with E-state index in [0.717, 1.165) is 0 Å². The van der Waals surface area contributed by atoms with Crippen molar-refractivity contribution >= 4 is 5.82 Å². The highest BCUT2D eigenvalue weighted by Gasteiger charge is 2.32. The van der Waals surface area contributed by atoms with E-state index in [9.17, 15) is 13.2 Å². The number of anilines is 1. The molecule has 0 aliphatic carbocycles. The minimum absolute atomic E-state index is 0.232. The summed E-state index contributed by atoms with van der Waals surface area (Å²) in [6, 6.07) is 5.81. The van der Waals surface area contributed by atoms with Crippen molar-refractivity contribution < 1.29 is 17.9 Å². The van der Waals surface area contributed by atoms with E-state index in [1.807, 2.05) is 6.92 Å². The van der Waals surface area contributed by atoms with E-state index in [-0.39, 0.29) is 17.1 Å². The van der Waals surface area contributed by atoms with Gasteiger partial charge in [0.15, 0.2) is 0 Å². The molecule has 0 aliphatic heterocycles. The molecule has 0 bridgehead atoms. The van der Waals surface area contributed by atoms with Gasteiger partial charge in [-0.3, -0.25) is 0 Å². The number of alkyl halides is 3. The van der Waals surface area contributed by atoms with Crippen molar-refractivity contribution in [2.24, 2.45) is 0 Å². The monoisotopic (exact) mass is 283 g/mol. The lowest BCUT2D eigenvalue weighted by Gasteiger charge is -2.15. The highest BCUT2D eigenvalue weighted by atomic mass is 19.4. The van der Waals surface area contributed by atoms with Crippen LogP contribution in [0.4, 0.5) is 19.0 Å². The van der Waals surface area contributed by atoms with E-state index in [4.69, 9.17) is 5.73 Å². The zero-order valence-corrected chi connectivity index (χ0v) is 10.6. The van der Waals surface area contributed by atoms with Crippen LogP contribution in [0.2, 0.25) is 0 Å². The van der Waals surface area contributed by atoms with E-state index in [1.165, 1.54) is 24.5 Å². The van der Waals surface area contributed by atoms with Crippen molar-refractivity contribution in [3.05, 3.63) is 36.2 Å². The maximum Gasteiger partial charge on any atom is 0.573 e. The number of hydrogen-bond donors (Lipinski definition) is 1. The van der Waals surface area contributed by atoms with Crippen molar-refractivity contribution in [3.63, 3.8) is 0 Å². The number of para-hydroxylation sites is 1.